The van der Waals surface area contributed by atoms with E-state index >= 15 is 0 Å². The van der Waals surface area contributed by atoms with Gasteiger partial charge >= 0.3 is 6.18 Å². The van der Waals surface area contributed by atoms with Gasteiger partial charge in [0.25, 0.3) is 0 Å². The first-order valence-corrected chi connectivity index (χ1v) is 3.94. The largest absolute Gasteiger partial charge is 0.416 e. The van der Waals surface area contributed by atoms with Crippen molar-refractivity contribution in [3.63, 3.8) is 0 Å². The van der Waals surface area contributed by atoms with E-state index in [0.717, 1.165) is 12.1 Å². The quantitative estimate of drug-likeness (QED) is 0.753. The van der Waals surface area contributed by atoms with Crippen molar-refractivity contribution in [1.82, 2.24) is 0 Å². The molecule has 0 aliphatic heterocycles. The van der Waals surface area contributed by atoms with E-state index in [1.54, 1.807) is 0 Å². The Morgan fingerprint density at radius 2 is 1.73 bits per heavy atom. The van der Waals surface area contributed by atoms with E-state index in [9.17, 15) is 17.6 Å². The minimum atomic E-state index is -4.54. The highest BCUT2D eigenvalue weighted by Crippen LogP contribution is 2.31. The van der Waals surface area contributed by atoms with Gasteiger partial charge < -0.3 is 5.73 Å². The zero-order valence-electron chi connectivity index (χ0n) is 7.81. The van der Waals surface area contributed by atoms with Gasteiger partial charge in [0.2, 0.25) is 0 Å². The molecular formula is C9H10ClF4N. The maximum Gasteiger partial charge on any atom is 0.416 e. The van der Waals surface area contributed by atoms with Gasteiger partial charge in [-0.05, 0) is 30.7 Å². The predicted octanol–water partition coefficient (Wildman–Crippen LogP) is 3.29. The summed E-state index contributed by atoms with van der Waals surface area (Å²) in [4.78, 5) is 0. The van der Waals surface area contributed by atoms with Crippen LogP contribution in [0.5, 0.6) is 0 Å². The van der Waals surface area contributed by atoms with Gasteiger partial charge in [0, 0.05) is 6.04 Å². The Balaban J connectivity index is 0.00000196. The van der Waals surface area contributed by atoms with Crippen LogP contribution < -0.4 is 5.73 Å². The van der Waals surface area contributed by atoms with Crippen molar-refractivity contribution < 1.29 is 17.6 Å². The Hall–Kier alpha value is -0.810. The second-order valence-electron chi connectivity index (χ2n) is 3.06. The molecule has 15 heavy (non-hydrogen) atoms. The third-order valence-corrected chi connectivity index (χ3v) is 1.77. The number of benzene rings is 1. The molecule has 0 saturated heterocycles. The summed E-state index contributed by atoms with van der Waals surface area (Å²) in [6, 6.07) is 1.69. The summed E-state index contributed by atoms with van der Waals surface area (Å²) in [6.07, 6.45) is -4.54. The van der Waals surface area contributed by atoms with Crippen molar-refractivity contribution in [3.8, 4) is 0 Å². The molecule has 0 amide bonds. The molecule has 0 bridgehead atoms. The second kappa shape index (κ2) is 4.81. The standard InChI is InChI=1S/C9H9F4N.ClH/c1-5(14)6-2-7(9(11,12)13)4-8(10)3-6;/h2-5H,14H2,1H3;1H/t5-;/m0./s1. The molecule has 0 aliphatic carbocycles. The summed E-state index contributed by atoms with van der Waals surface area (Å²) < 4.78 is 49.4. The fourth-order valence-corrected chi connectivity index (χ4v) is 1.04. The lowest BCUT2D eigenvalue weighted by atomic mass is 10.1. The molecule has 1 rings (SSSR count). The van der Waals surface area contributed by atoms with E-state index in [0.29, 0.717) is 6.07 Å². The molecule has 0 aliphatic rings. The Morgan fingerprint density at radius 3 is 2.13 bits per heavy atom. The van der Waals surface area contributed by atoms with Gasteiger partial charge in [0.05, 0.1) is 5.56 Å². The second-order valence-corrected chi connectivity index (χ2v) is 3.06. The van der Waals surface area contributed by atoms with Gasteiger partial charge in [-0.2, -0.15) is 13.2 Å². The van der Waals surface area contributed by atoms with Crippen molar-refractivity contribution in [2.45, 2.75) is 19.1 Å². The number of hydrogen-bond donors (Lipinski definition) is 1. The zero-order chi connectivity index (χ0) is 10.9. The summed E-state index contributed by atoms with van der Waals surface area (Å²) in [5.41, 5.74) is 4.49. The Morgan fingerprint density at radius 1 is 1.20 bits per heavy atom. The highest BCUT2D eigenvalue weighted by Gasteiger charge is 2.31. The molecule has 86 valence electrons. The van der Waals surface area contributed by atoms with Gasteiger partial charge in [-0.1, -0.05) is 0 Å². The molecule has 1 aromatic rings. The minimum absolute atomic E-state index is 0. The zero-order valence-corrected chi connectivity index (χ0v) is 8.62. The molecular weight excluding hydrogens is 234 g/mol. The lowest BCUT2D eigenvalue weighted by Crippen LogP contribution is -2.10. The molecule has 6 heteroatoms. The first-order chi connectivity index (χ1) is 6.30. The van der Waals surface area contributed by atoms with Gasteiger partial charge in [-0.15, -0.1) is 12.4 Å². The fraction of sp³-hybridized carbons (Fsp3) is 0.333. The number of halogens is 5. The third-order valence-electron chi connectivity index (χ3n) is 1.77. The summed E-state index contributed by atoms with van der Waals surface area (Å²) in [7, 11) is 0. The smallest absolute Gasteiger partial charge is 0.324 e. The number of alkyl halides is 3. The molecule has 1 nitrogen and oxygen atoms in total. The lowest BCUT2D eigenvalue weighted by Gasteiger charge is -2.11. The molecule has 0 aromatic heterocycles. The highest BCUT2D eigenvalue weighted by atomic mass is 35.5. The van der Waals surface area contributed by atoms with Crippen LogP contribution in [0.3, 0.4) is 0 Å². The van der Waals surface area contributed by atoms with Gasteiger partial charge in [0.15, 0.2) is 0 Å². The lowest BCUT2D eigenvalue weighted by molar-refractivity contribution is -0.137. The average Bonchev–Trinajstić information content (AvgIpc) is 2.01. The van der Waals surface area contributed by atoms with E-state index in [2.05, 4.69) is 0 Å². The highest BCUT2D eigenvalue weighted by molar-refractivity contribution is 5.85. The van der Waals surface area contributed by atoms with Crippen LogP contribution in [0.15, 0.2) is 18.2 Å². The molecule has 0 unspecified atom stereocenters. The SMILES string of the molecule is C[C@H](N)c1cc(F)cc(C(F)(F)F)c1.Cl. The van der Waals surface area contributed by atoms with E-state index in [-0.39, 0.29) is 18.0 Å². The van der Waals surface area contributed by atoms with Crippen LogP contribution in [0.1, 0.15) is 24.1 Å². The molecule has 1 aromatic carbocycles. The molecule has 1 atom stereocenters. The van der Waals surface area contributed by atoms with Gasteiger partial charge in [-0.25, -0.2) is 4.39 Å². The fourth-order valence-electron chi connectivity index (χ4n) is 1.04. The van der Waals surface area contributed by atoms with Crippen molar-refractivity contribution >= 4 is 12.4 Å². The summed E-state index contributed by atoms with van der Waals surface area (Å²) in [6.45, 7) is 1.49. The first kappa shape index (κ1) is 14.2. The summed E-state index contributed by atoms with van der Waals surface area (Å²) in [5.74, 6) is -0.924. The van der Waals surface area contributed by atoms with Crippen LogP contribution in [0.25, 0.3) is 0 Å². The minimum Gasteiger partial charge on any atom is -0.324 e. The van der Waals surface area contributed by atoms with E-state index < -0.39 is 23.6 Å². The van der Waals surface area contributed by atoms with Gasteiger partial charge in [0.1, 0.15) is 5.82 Å². The summed E-state index contributed by atoms with van der Waals surface area (Å²) in [5, 5.41) is 0. The van der Waals surface area contributed by atoms with Crippen LogP contribution in [0, 0.1) is 5.82 Å². The Bertz CT molecular complexity index is 335. The van der Waals surface area contributed by atoms with Crippen molar-refractivity contribution in [2.24, 2.45) is 5.73 Å². The Labute approximate surface area is 90.7 Å². The molecule has 0 fully saturated rings. The van der Waals surface area contributed by atoms with Gasteiger partial charge in [-0.3, -0.25) is 0 Å². The monoisotopic (exact) mass is 243 g/mol. The Kier molecular flexibility index (Phi) is 4.55. The van der Waals surface area contributed by atoms with Crippen molar-refractivity contribution in [2.75, 3.05) is 0 Å². The van der Waals surface area contributed by atoms with Crippen LogP contribution >= 0.6 is 12.4 Å². The van der Waals surface area contributed by atoms with Crippen molar-refractivity contribution in [3.05, 3.63) is 35.1 Å². The normalized spacial score (nSPS) is 13.2. The van der Waals surface area contributed by atoms with E-state index in [1.165, 1.54) is 6.92 Å². The number of nitrogens with two attached hydrogens (primary N) is 1. The summed E-state index contributed by atoms with van der Waals surface area (Å²) >= 11 is 0. The van der Waals surface area contributed by atoms with Crippen LogP contribution in [0.4, 0.5) is 17.6 Å². The maximum atomic E-state index is 12.8. The topological polar surface area (TPSA) is 26.0 Å². The molecule has 0 radical (unpaired) electrons. The predicted molar refractivity (Wildman–Crippen MR) is 51.3 cm³/mol. The third kappa shape index (κ3) is 3.68. The van der Waals surface area contributed by atoms with Crippen LogP contribution in [-0.4, -0.2) is 0 Å². The van der Waals surface area contributed by atoms with E-state index in [4.69, 9.17) is 5.73 Å². The van der Waals surface area contributed by atoms with Crippen molar-refractivity contribution in [1.29, 1.82) is 0 Å². The number of rotatable bonds is 1. The molecule has 0 heterocycles. The molecule has 0 saturated carbocycles. The van der Waals surface area contributed by atoms with E-state index in [1.807, 2.05) is 0 Å². The van der Waals surface area contributed by atoms with Crippen LogP contribution in [0.2, 0.25) is 0 Å². The number of hydrogen-bond acceptors (Lipinski definition) is 1. The van der Waals surface area contributed by atoms with Crippen LogP contribution in [-0.2, 0) is 6.18 Å². The maximum absolute atomic E-state index is 12.8. The first-order valence-electron chi connectivity index (χ1n) is 3.94. The average molecular weight is 244 g/mol. The molecule has 0 spiro atoms. The molecule has 2 N–H and O–H groups in total.